The molecule has 0 fully saturated rings. The summed E-state index contributed by atoms with van der Waals surface area (Å²) in [6, 6.07) is 0.243. The van der Waals surface area contributed by atoms with E-state index in [4.69, 9.17) is 11.5 Å². The molecule has 0 radical (unpaired) electrons. The van der Waals surface area contributed by atoms with Gasteiger partial charge in [0.1, 0.15) is 5.82 Å². The Morgan fingerprint density at radius 2 is 2.12 bits per heavy atom. The number of hydrogen-bond acceptors (Lipinski definition) is 5. The van der Waals surface area contributed by atoms with E-state index in [2.05, 4.69) is 29.1 Å². The van der Waals surface area contributed by atoms with Crippen molar-refractivity contribution in [1.29, 1.82) is 0 Å². The third-order valence-corrected chi connectivity index (χ3v) is 2.40. The Kier molecular flexibility index (Phi) is 4.04. The summed E-state index contributed by atoms with van der Waals surface area (Å²) in [5.74, 6) is -0.0272. The molecule has 0 bridgehead atoms. The zero-order valence-electron chi connectivity index (χ0n) is 9.53. The zero-order chi connectivity index (χ0) is 12.1. The fourth-order valence-corrected chi connectivity index (χ4v) is 1.37. The van der Waals surface area contributed by atoms with E-state index in [0.29, 0.717) is 5.82 Å². The van der Waals surface area contributed by atoms with Crippen molar-refractivity contribution in [3.8, 4) is 0 Å². The van der Waals surface area contributed by atoms with E-state index in [1.807, 2.05) is 0 Å². The van der Waals surface area contributed by atoms with Gasteiger partial charge in [-0.3, -0.25) is 4.79 Å². The maximum atomic E-state index is 11.2. The molecule has 16 heavy (non-hydrogen) atoms. The van der Waals surface area contributed by atoms with Crippen molar-refractivity contribution in [3.63, 3.8) is 0 Å². The summed E-state index contributed by atoms with van der Waals surface area (Å²) in [5.41, 5.74) is 11.0. The van der Waals surface area contributed by atoms with Crippen molar-refractivity contribution in [2.24, 2.45) is 5.73 Å². The van der Waals surface area contributed by atoms with Crippen molar-refractivity contribution in [1.82, 2.24) is 9.97 Å². The maximum absolute atomic E-state index is 11.2. The smallest absolute Gasteiger partial charge is 0.254 e. The molecule has 0 aliphatic heterocycles. The number of rotatable bonds is 5. The number of carbonyl (C=O) groups is 1. The highest BCUT2D eigenvalue weighted by Crippen LogP contribution is 2.15. The highest BCUT2D eigenvalue weighted by atomic mass is 16.1. The second-order valence-corrected chi connectivity index (χ2v) is 3.51. The van der Waals surface area contributed by atoms with Gasteiger partial charge in [0.05, 0.1) is 5.56 Å². The molecule has 1 amide bonds. The number of nitrogens with one attached hydrogen (secondary N) is 1. The van der Waals surface area contributed by atoms with Crippen LogP contribution in [0.25, 0.3) is 0 Å². The van der Waals surface area contributed by atoms with E-state index >= 15 is 0 Å². The normalized spacial score (nSPS) is 10.4. The molecule has 88 valence electrons. The lowest BCUT2D eigenvalue weighted by molar-refractivity contribution is 0.100. The van der Waals surface area contributed by atoms with Crippen LogP contribution in [0.2, 0.25) is 0 Å². The van der Waals surface area contributed by atoms with Gasteiger partial charge in [0, 0.05) is 12.2 Å². The Morgan fingerprint density at radius 3 is 2.62 bits per heavy atom. The van der Waals surface area contributed by atoms with Crippen LogP contribution in [0.15, 0.2) is 6.20 Å². The van der Waals surface area contributed by atoms with Crippen LogP contribution in [0, 0.1) is 0 Å². The molecule has 5 N–H and O–H groups in total. The van der Waals surface area contributed by atoms with Gasteiger partial charge in [-0.05, 0) is 12.8 Å². The Morgan fingerprint density at radius 1 is 1.50 bits per heavy atom. The minimum Gasteiger partial charge on any atom is -0.368 e. The molecule has 0 aliphatic rings. The molecule has 0 unspecified atom stereocenters. The fourth-order valence-electron chi connectivity index (χ4n) is 1.37. The first kappa shape index (κ1) is 12.2. The standard InChI is InChI=1S/C10H17N5O/c1-3-6(4-2)14-9-7(8(11)16)5-13-10(12)15-9/h5-6H,3-4H2,1-2H3,(H2,11,16)(H3,12,13,14,15). The molecule has 0 saturated carbocycles. The number of anilines is 2. The summed E-state index contributed by atoms with van der Waals surface area (Å²) < 4.78 is 0. The first-order valence-corrected chi connectivity index (χ1v) is 5.27. The lowest BCUT2D eigenvalue weighted by Crippen LogP contribution is -2.23. The average Bonchev–Trinajstić information content (AvgIpc) is 2.25. The Balaban J connectivity index is 3.00. The van der Waals surface area contributed by atoms with Gasteiger partial charge < -0.3 is 16.8 Å². The maximum Gasteiger partial charge on any atom is 0.254 e. The molecular weight excluding hydrogens is 206 g/mol. The number of nitrogens with two attached hydrogens (primary N) is 2. The van der Waals surface area contributed by atoms with Gasteiger partial charge in [0.15, 0.2) is 0 Å². The summed E-state index contributed by atoms with van der Waals surface area (Å²) in [7, 11) is 0. The number of nitrogens with zero attached hydrogens (tertiary/aromatic N) is 2. The van der Waals surface area contributed by atoms with E-state index in [1.165, 1.54) is 6.20 Å². The summed E-state index contributed by atoms with van der Waals surface area (Å²) >= 11 is 0. The van der Waals surface area contributed by atoms with Crippen molar-refractivity contribution in [2.45, 2.75) is 32.7 Å². The van der Waals surface area contributed by atoms with Crippen LogP contribution in [0.1, 0.15) is 37.0 Å². The van der Waals surface area contributed by atoms with Gasteiger partial charge in [0.25, 0.3) is 5.91 Å². The van der Waals surface area contributed by atoms with Gasteiger partial charge >= 0.3 is 0 Å². The monoisotopic (exact) mass is 223 g/mol. The van der Waals surface area contributed by atoms with E-state index in [-0.39, 0.29) is 17.6 Å². The first-order valence-electron chi connectivity index (χ1n) is 5.27. The fraction of sp³-hybridized carbons (Fsp3) is 0.500. The molecule has 0 saturated heterocycles. The molecule has 0 atom stereocenters. The van der Waals surface area contributed by atoms with Crippen molar-refractivity contribution in [3.05, 3.63) is 11.8 Å². The second kappa shape index (κ2) is 5.29. The molecule has 0 aliphatic carbocycles. The number of amides is 1. The van der Waals surface area contributed by atoms with Crippen LogP contribution in [0.3, 0.4) is 0 Å². The van der Waals surface area contributed by atoms with Gasteiger partial charge in [-0.2, -0.15) is 4.98 Å². The lowest BCUT2D eigenvalue weighted by atomic mass is 10.1. The Hall–Kier alpha value is -1.85. The van der Waals surface area contributed by atoms with E-state index in [0.717, 1.165) is 12.8 Å². The highest BCUT2D eigenvalue weighted by molar-refractivity contribution is 5.97. The quantitative estimate of drug-likeness (QED) is 0.683. The lowest BCUT2D eigenvalue weighted by Gasteiger charge is -2.16. The van der Waals surface area contributed by atoms with E-state index in [1.54, 1.807) is 0 Å². The Bertz CT molecular complexity index is 375. The molecule has 0 spiro atoms. The summed E-state index contributed by atoms with van der Waals surface area (Å²) in [6.07, 6.45) is 3.20. The summed E-state index contributed by atoms with van der Waals surface area (Å²) in [5, 5.41) is 3.14. The minimum absolute atomic E-state index is 0.124. The molecule has 0 aromatic carbocycles. The Labute approximate surface area is 94.5 Å². The summed E-state index contributed by atoms with van der Waals surface area (Å²) in [6.45, 7) is 4.10. The predicted octanol–water partition coefficient (Wildman–Crippen LogP) is 0.758. The van der Waals surface area contributed by atoms with Gasteiger partial charge in [-0.25, -0.2) is 4.98 Å². The predicted molar refractivity (Wildman–Crippen MR) is 63.0 cm³/mol. The van der Waals surface area contributed by atoms with Gasteiger partial charge in [-0.15, -0.1) is 0 Å². The van der Waals surface area contributed by atoms with Crippen LogP contribution >= 0.6 is 0 Å². The van der Waals surface area contributed by atoms with Crippen molar-refractivity contribution in [2.75, 3.05) is 11.1 Å². The zero-order valence-corrected chi connectivity index (χ0v) is 9.53. The van der Waals surface area contributed by atoms with Crippen LogP contribution in [0.5, 0.6) is 0 Å². The van der Waals surface area contributed by atoms with Crippen LogP contribution in [0.4, 0.5) is 11.8 Å². The van der Waals surface area contributed by atoms with Crippen LogP contribution < -0.4 is 16.8 Å². The molecule has 1 heterocycles. The molecule has 1 rings (SSSR count). The molecule has 6 nitrogen and oxygen atoms in total. The third-order valence-electron chi connectivity index (χ3n) is 2.40. The molecular formula is C10H17N5O. The SMILES string of the molecule is CCC(CC)Nc1nc(N)ncc1C(N)=O. The molecule has 1 aromatic rings. The van der Waals surface area contributed by atoms with Gasteiger partial charge in [0.2, 0.25) is 5.95 Å². The molecule has 6 heteroatoms. The largest absolute Gasteiger partial charge is 0.368 e. The van der Waals surface area contributed by atoms with Crippen molar-refractivity contribution >= 4 is 17.7 Å². The second-order valence-electron chi connectivity index (χ2n) is 3.51. The number of hydrogen-bond donors (Lipinski definition) is 3. The number of nitrogen functional groups attached to an aromatic ring is 1. The van der Waals surface area contributed by atoms with Crippen LogP contribution in [-0.4, -0.2) is 21.9 Å². The number of aromatic nitrogens is 2. The van der Waals surface area contributed by atoms with Gasteiger partial charge in [-0.1, -0.05) is 13.8 Å². The third kappa shape index (κ3) is 2.82. The first-order chi connectivity index (χ1) is 7.58. The van der Waals surface area contributed by atoms with Crippen LogP contribution in [-0.2, 0) is 0 Å². The van der Waals surface area contributed by atoms with E-state index < -0.39 is 5.91 Å². The molecule has 1 aromatic heterocycles. The average molecular weight is 223 g/mol. The van der Waals surface area contributed by atoms with E-state index in [9.17, 15) is 4.79 Å². The number of primary amides is 1. The summed E-state index contributed by atoms with van der Waals surface area (Å²) in [4.78, 5) is 18.9. The number of carbonyl (C=O) groups excluding carboxylic acids is 1. The highest BCUT2D eigenvalue weighted by Gasteiger charge is 2.13. The topological polar surface area (TPSA) is 107 Å². The minimum atomic E-state index is -0.562. The van der Waals surface area contributed by atoms with Crippen molar-refractivity contribution < 1.29 is 4.79 Å².